The SMILES string of the molecule is COc1ccc([C@@H]2CC(=O)N(CCOc3nc4ccccc4s3)C2)cc1OC1CCCO1. The van der Waals surface area contributed by atoms with E-state index in [0.29, 0.717) is 42.8 Å². The molecule has 2 saturated heterocycles. The molecule has 0 spiro atoms. The van der Waals surface area contributed by atoms with Crippen molar-refractivity contribution in [2.24, 2.45) is 0 Å². The summed E-state index contributed by atoms with van der Waals surface area (Å²) in [4.78, 5) is 19.0. The van der Waals surface area contributed by atoms with Gasteiger partial charge in [0, 0.05) is 25.3 Å². The first-order valence-electron chi connectivity index (χ1n) is 10.9. The quantitative estimate of drug-likeness (QED) is 0.508. The molecule has 5 rings (SSSR count). The fourth-order valence-electron chi connectivity index (χ4n) is 4.19. The van der Waals surface area contributed by atoms with Crippen LogP contribution in [-0.2, 0) is 9.53 Å². The monoisotopic (exact) mass is 454 g/mol. The number of benzene rings is 2. The molecule has 2 aromatic carbocycles. The average Bonchev–Trinajstić information content (AvgIpc) is 3.54. The van der Waals surface area contributed by atoms with E-state index in [0.717, 1.165) is 35.2 Å². The highest BCUT2D eigenvalue weighted by molar-refractivity contribution is 7.20. The minimum absolute atomic E-state index is 0.114. The van der Waals surface area contributed by atoms with Crippen molar-refractivity contribution in [1.29, 1.82) is 0 Å². The van der Waals surface area contributed by atoms with Gasteiger partial charge in [0.05, 0.1) is 30.5 Å². The van der Waals surface area contributed by atoms with Crippen molar-refractivity contribution in [2.45, 2.75) is 31.5 Å². The molecule has 7 nitrogen and oxygen atoms in total. The lowest BCUT2D eigenvalue weighted by Gasteiger charge is -2.19. The lowest BCUT2D eigenvalue weighted by molar-refractivity contribution is -0.128. The summed E-state index contributed by atoms with van der Waals surface area (Å²) < 4.78 is 24.0. The Balaban J connectivity index is 1.20. The maximum Gasteiger partial charge on any atom is 0.274 e. The van der Waals surface area contributed by atoms with Gasteiger partial charge >= 0.3 is 0 Å². The Labute approximate surface area is 190 Å². The van der Waals surface area contributed by atoms with Crippen LogP contribution in [-0.4, -0.2) is 55.5 Å². The Kier molecular flexibility index (Phi) is 6.14. The number of methoxy groups -OCH3 is 1. The molecule has 1 unspecified atom stereocenters. The second kappa shape index (κ2) is 9.34. The third-order valence-corrected chi connectivity index (χ3v) is 6.83. The predicted molar refractivity (Wildman–Crippen MR) is 122 cm³/mol. The van der Waals surface area contributed by atoms with Crippen molar-refractivity contribution < 1.29 is 23.7 Å². The van der Waals surface area contributed by atoms with Crippen molar-refractivity contribution in [3.63, 3.8) is 0 Å². The lowest BCUT2D eigenvalue weighted by Crippen LogP contribution is -2.29. The van der Waals surface area contributed by atoms with E-state index in [1.807, 2.05) is 47.4 Å². The van der Waals surface area contributed by atoms with Gasteiger partial charge in [-0.3, -0.25) is 4.79 Å². The van der Waals surface area contributed by atoms with E-state index in [-0.39, 0.29) is 18.1 Å². The highest BCUT2D eigenvalue weighted by atomic mass is 32.1. The number of carbonyl (C=O) groups is 1. The molecule has 2 aliphatic rings. The maximum absolute atomic E-state index is 12.6. The molecule has 2 fully saturated rings. The van der Waals surface area contributed by atoms with E-state index >= 15 is 0 Å². The summed E-state index contributed by atoms with van der Waals surface area (Å²) in [6.45, 7) is 2.35. The molecule has 0 N–H and O–H groups in total. The summed E-state index contributed by atoms with van der Waals surface area (Å²) in [6.07, 6.45) is 2.11. The van der Waals surface area contributed by atoms with Gasteiger partial charge in [-0.25, -0.2) is 4.98 Å². The van der Waals surface area contributed by atoms with Crippen LogP contribution in [0.15, 0.2) is 42.5 Å². The van der Waals surface area contributed by atoms with E-state index in [2.05, 4.69) is 4.98 Å². The fraction of sp³-hybridized carbons (Fsp3) is 0.417. The van der Waals surface area contributed by atoms with Gasteiger partial charge in [-0.2, -0.15) is 0 Å². The normalized spacial score (nSPS) is 20.8. The molecule has 2 atom stereocenters. The molecule has 1 amide bonds. The Morgan fingerprint density at radius 2 is 2.12 bits per heavy atom. The number of rotatable bonds is 8. The smallest absolute Gasteiger partial charge is 0.274 e. The Morgan fingerprint density at radius 1 is 1.22 bits per heavy atom. The first-order valence-corrected chi connectivity index (χ1v) is 11.7. The van der Waals surface area contributed by atoms with Crippen LogP contribution in [0.5, 0.6) is 16.7 Å². The fourth-order valence-corrected chi connectivity index (χ4v) is 5.03. The maximum atomic E-state index is 12.6. The van der Waals surface area contributed by atoms with Gasteiger partial charge in [-0.1, -0.05) is 29.5 Å². The van der Waals surface area contributed by atoms with Crippen molar-refractivity contribution in [3.8, 4) is 16.7 Å². The van der Waals surface area contributed by atoms with Gasteiger partial charge in [0.25, 0.3) is 5.19 Å². The minimum atomic E-state index is -0.236. The Hall–Kier alpha value is -2.84. The number of aromatic nitrogens is 1. The van der Waals surface area contributed by atoms with Crippen molar-refractivity contribution in [2.75, 3.05) is 33.4 Å². The average molecular weight is 455 g/mol. The van der Waals surface area contributed by atoms with E-state index in [4.69, 9.17) is 18.9 Å². The first-order chi connectivity index (χ1) is 15.7. The van der Waals surface area contributed by atoms with Gasteiger partial charge in [0.1, 0.15) is 6.61 Å². The van der Waals surface area contributed by atoms with Crippen LogP contribution >= 0.6 is 11.3 Å². The molecule has 3 heterocycles. The minimum Gasteiger partial charge on any atom is -0.493 e. The van der Waals surface area contributed by atoms with Crippen molar-refractivity contribution in [3.05, 3.63) is 48.0 Å². The highest BCUT2D eigenvalue weighted by Crippen LogP contribution is 2.36. The van der Waals surface area contributed by atoms with Crippen LogP contribution in [0.3, 0.4) is 0 Å². The molecule has 2 aliphatic heterocycles. The zero-order chi connectivity index (χ0) is 21.9. The molecule has 3 aromatic rings. The largest absolute Gasteiger partial charge is 0.493 e. The topological polar surface area (TPSA) is 70.1 Å². The van der Waals surface area contributed by atoms with Gasteiger partial charge in [-0.15, -0.1) is 0 Å². The molecule has 32 heavy (non-hydrogen) atoms. The summed E-state index contributed by atoms with van der Waals surface area (Å²) in [6, 6.07) is 13.9. The zero-order valence-corrected chi connectivity index (χ0v) is 18.8. The molecular weight excluding hydrogens is 428 g/mol. The van der Waals surface area contributed by atoms with Gasteiger partial charge in [0.15, 0.2) is 17.8 Å². The van der Waals surface area contributed by atoms with Gasteiger partial charge in [0.2, 0.25) is 5.91 Å². The van der Waals surface area contributed by atoms with Crippen LogP contribution in [0.2, 0.25) is 0 Å². The number of fused-ring (bicyclic) bond motifs is 1. The summed E-state index contributed by atoms with van der Waals surface area (Å²) >= 11 is 1.52. The molecule has 8 heteroatoms. The standard InChI is InChI=1S/C24H26N2O5S/c1-28-19-9-8-16(13-20(19)31-23-7-4-11-29-23)17-14-22(27)26(15-17)10-12-30-24-25-18-5-2-3-6-21(18)32-24/h2-3,5-6,8-9,13,17,23H,4,7,10-12,14-15H2,1H3/t17-,23?/m1/s1. The third-order valence-electron chi connectivity index (χ3n) is 5.88. The number of hydrogen-bond acceptors (Lipinski definition) is 7. The van der Waals surface area contributed by atoms with Crippen LogP contribution < -0.4 is 14.2 Å². The zero-order valence-electron chi connectivity index (χ0n) is 18.0. The molecule has 1 aromatic heterocycles. The second-order valence-electron chi connectivity index (χ2n) is 8.01. The molecule has 0 bridgehead atoms. The summed E-state index contributed by atoms with van der Waals surface area (Å²) in [5.41, 5.74) is 2.01. The number of nitrogens with zero attached hydrogens (tertiary/aromatic N) is 2. The molecule has 168 valence electrons. The number of carbonyl (C=O) groups excluding carboxylic acids is 1. The van der Waals surface area contributed by atoms with Crippen LogP contribution in [0.4, 0.5) is 0 Å². The molecule has 0 aliphatic carbocycles. The molecule has 0 saturated carbocycles. The summed E-state index contributed by atoms with van der Waals surface area (Å²) in [5, 5.41) is 0.639. The number of amides is 1. The Morgan fingerprint density at radius 3 is 2.94 bits per heavy atom. The third kappa shape index (κ3) is 4.52. The summed E-state index contributed by atoms with van der Waals surface area (Å²) in [5.74, 6) is 1.60. The molecular formula is C24H26N2O5S. The second-order valence-corrected chi connectivity index (χ2v) is 9.00. The van der Waals surface area contributed by atoms with Gasteiger partial charge in [-0.05, 0) is 36.2 Å². The Bertz CT molecular complexity index is 1060. The van der Waals surface area contributed by atoms with Gasteiger partial charge < -0.3 is 23.8 Å². The van der Waals surface area contributed by atoms with Crippen molar-refractivity contribution in [1.82, 2.24) is 9.88 Å². The predicted octanol–water partition coefficient (Wildman–Crippen LogP) is 4.22. The van der Waals surface area contributed by atoms with E-state index < -0.39 is 0 Å². The van der Waals surface area contributed by atoms with Crippen LogP contribution in [0.1, 0.15) is 30.7 Å². The van der Waals surface area contributed by atoms with Crippen molar-refractivity contribution >= 4 is 27.5 Å². The van der Waals surface area contributed by atoms with Crippen LogP contribution in [0.25, 0.3) is 10.2 Å². The number of thiazole rings is 1. The highest BCUT2D eigenvalue weighted by Gasteiger charge is 2.31. The summed E-state index contributed by atoms with van der Waals surface area (Å²) in [7, 11) is 1.63. The van der Waals surface area contributed by atoms with E-state index in [1.54, 1.807) is 7.11 Å². The first kappa shape index (κ1) is 21.0. The number of hydrogen-bond donors (Lipinski definition) is 0. The van der Waals surface area contributed by atoms with E-state index in [9.17, 15) is 4.79 Å². The van der Waals surface area contributed by atoms with Crippen LogP contribution in [0, 0.1) is 0 Å². The van der Waals surface area contributed by atoms with E-state index in [1.165, 1.54) is 11.3 Å². The number of para-hydroxylation sites is 1. The molecule has 0 radical (unpaired) electrons. The number of likely N-dealkylation sites (tertiary alicyclic amines) is 1. The lowest BCUT2D eigenvalue weighted by atomic mass is 9.98. The number of ether oxygens (including phenoxy) is 4.